The predicted molar refractivity (Wildman–Crippen MR) is 97.2 cm³/mol. The van der Waals surface area contributed by atoms with Gasteiger partial charge in [-0.2, -0.15) is 33.4 Å². The van der Waals surface area contributed by atoms with Gasteiger partial charge in [0, 0.05) is 10.6 Å². The monoisotopic (exact) mass is 408 g/mol. The maximum absolute atomic E-state index is 10.7. The van der Waals surface area contributed by atoms with Crippen molar-refractivity contribution >= 4 is 32.7 Å². The Hall–Kier alpha value is -1.45. The molecule has 26 heavy (non-hydrogen) atoms. The Morgan fingerprint density at radius 3 is 2.31 bits per heavy atom. The first-order valence-corrected chi connectivity index (χ1v) is 10.4. The van der Waals surface area contributed by atoms with E-state index in [0.29, 0.717) is 5.25 Å². The zero-order valence-electron chi connectivity index (χ0n) is 14.0. The number of fused-ring (bicyclic) bond motifs is 1. The van der Waals surface area contributed by atoms with Gasteiger partial charge in [0.1, 0.15) is 5.75 Å². The summed E-state index contributed by atoms with van der Waals surface area (Å²) in [6.07, 6.45) is 2.65. The molecule has 0 aliphatic carbocycles. The van der Waals surface area contributed by atoms with Gasteiger partial charge in [-0.1, -0.05) is 30.3 Å². The lowest BCUT2D eigenvalue weighted by molar-refractivity contribution is -0.0510. The average Bonchev–Trinajstić information content (AvgIpc) is 3.08. The van der Waals surface area contributed by atoms with Crippen molar-refractivity contribution in [2.75, 3.05) is 12.4 Å². The van der Waals surface area contributed by atoms with Gasteiger partial charge in [-0.05, 0) is 42.5 Å². The Labute approximate surface area is 154 Å². The first-order chi connectivity index (χ1) is 12.1. The van der Waals surface area contributed by atoms with E-state index in [9.17, 15) is 13.2 Å². The molecule has 1 atom stereocenters. The van der Waals surface area contributed by atoms with Crippen molar-refractivity contribution in [1.82, 2.24) is 0 Å². The van der Waals surface area contributed by atoms with E-state index in [1.165, 1.54) is 34.9 Å². The topological polar surface area (TPSA) is 63.6 Å². The second-order valence-corrected chi connectivity index (χ2v) is 8.28. The highest BCUT2D eigenvalue weighted by Gasteiger charge is 2.44. The third kappa shape index (κ3) is 5.05. The minimum atomic E-state index is -5.84. The van der Waals surface area contributed by atoms with Crippen LogP contribution in [-0.4, -0.2) is 30.8 Å². The molecule has 1 aliphatic rings. The molecule has 0 aromatic heterocycles. The van der Waals surface area contributed by atoms with Crippen LogP contribution in [0.4, 0.5) is 13.2 Å². The molecule has 1 unspecified atom stereocenters. The third-order valence-electron chi connectivity index (χ3n) is 3.79. The van der Waals surface area contributed by atoms with Crippen molar-refractivity contribution in [3.8, 4) is 5.75 Å². The highest BCUT2D eigenvalue weighted by Crippen LogP contribution is 2.43. The van der Waals surface area contributed by atoms with Gasteiger partial charge in [0.15, 0.2) is 0 Å². The molecule has 0 radical (unpaired) electrons. The van der Waals surface area contributed by atoms with Gasteiger partial charge in [-0.15, -0.1) is 0 Å². The zero-order chi connectivity index (χ0) is 19.4. The molecule has 1 heterocycles. The average molecular weight is 408 g/mol. The van der Waals surface area contributed by atoms with Gasteiger partial charge in [0.25, 0.3) is 0 Å². The van der Waals surface area contributed by atoms with E-state index in [1.54, 1.807) is 0 Å². The first kappa shape index (κ1) is 20.9. The normalized spacial score (nSPS) is 17.7. The number of hydrogen-bond acceptors (Lipinski definition) is 4. The van der Waals surface area contributed by atoms with Crippen molar-refractivity contribution < 1.29 is 30.9 Å². The fraction of sp³-hybridized carbons (Fsp3) is 0.412. The summed E-state index contributed by atoms with van der Waals surface area (Å²) < 4.78 is 63.3. The molecule has 2 aromatic rings. The Morgan fingerprint density at radius 1 is 1.19 bits per heavy atom. The second-order valence-electron chi connectivity index (χ2n) is 5.55. The summed E-state index contributed by atoms with van der Waals surface area (Å²) in [7, 11) is -5.84. The largest absolute Gasteiger partial charge is 0.522 e. The standard InChI is InChI=1S/C16H18OS.CHF3O3S/c1-2-17-15-10-9-14(16-8-5-11-18-16)12-6-3-4-7-13(12)15;2-1(3,4)8(5,6)7/h3-4,6-7,9-10,16H,2,5,8,11H2,1H3;(H,5,6,7). The number of benzene rings is 2. The van der Waals surface area contributed by atoms with Crippen LogP contribution in [-0.2, 0) is 10.1 Å². The molecule has 9 heteroatoms. The van der Waals surface area contributed by atoms with Gasteiger partial charge in [0.2, 0.25) is 0 Å². The number of ether oxygens (including phenoxy) is 1. The van der Waals surface area contributed by atoms with Gasteiger partial charge in [-0.3, -0.25) is 4.55 Å². The van der Waals surface area contributed by atoms with Crippen LogP contribution < -0.4 is 4.74 Å². The summed E-state index contributed by atoms with van der Waals surface area (Å²) in [5, 5.41) is 3.29. The number of hydrogen-bond donors (Lipinski definition) is 1. The Balaban J connectivity index is 0.000000260. The van der Waals surface area contributed by atoms with Crippen molar-refractivity contribution in [3.05, 3.63) is 42.0 Å². The first-order valence-electron chi connectivity index (χ1n) is 7.95. The molecule has 0 spiro atoms. The number of thioether (sulfide) groups is 1. The molecule has 4 nitrogen and oxygen atoms in total. The van der Waals surface area contributed by atoms with Gasteiger partial charge in [0.05, 0.1) is 6.61 Å². The molecule has 3 rings (SSSR count). The lowest BCUT2D eigenvalue weighted by Crippen LogP contribution is -2.21. The Kier molecular flexibility index (Phi) is 6.81. The molecule has 1 fully saturated rings. The maximum atomic E-state index is 10.7. The molecular formula is C17H19F3O4S2. The number of alkyl halides is 3. The molecule has 0 saturated carbocycles. The van der Waals surface area contributed by atoms with Gasteiger partial charge in [-0.25, -0.2) is 0 Å². The van der Waals surface area contributed by atoms with Crippen LogP contribution >= 0.6 is 11.8 Å². The SMILES string of the molecule is CCOc1ccc(C2CCCS2)c2ccccc12.O=S(=O)(O)C(F)(F)F. The van der Waals surface area contributed by atoms with E-state index in [1.807, 2.05) is 6.92 Å². The molecule has 1 N–H and O–H groups in total. The summed E-state index contributed by atoms with van der Waals surface area (Å²) in [4.78, 5) is 0. The summed E-state index contributed by atoms with van der Waals surface area (Å²) in [6, 6.07) is 13.0. The zero-order valence-corrected chi connectivity index (χ0v) is 15.6. The van der Waals surface area contributed by atoms with E-state index in [2.05, 4.69) is 48.2 Å². The lowest BCUT2D eigenvalue weighted by atomic mass is 9.99. The second kappa shape index (κ2) is 8.49. The fourth-order valence-electron chi connectivity index (χ4n) is 2.68. The summed E-state index contributed by atoms with van der Waals surface area (Å²) in [5.74, 6) is 2.31. The molecule has 144 valence electrons. The van der Waals surface area contributed by atoms with E-state index in [0.717, 1.165) is 12.4 Å². The van der Waals surface area contributed by atoms with Crippen LogP contribution in [0, 0.1) is 0 Å². The van der Waals surface area contributed by atoms with E-state index in [-0.39, 0.29) is 0 Å². The van der Waals surface area contributed by atoms with Crippen molar-refractivity contribution in [1.29, 1.82) is 0 Å². The smallest absolute Gasteiger partial charge is 0.493 e. The van der Waals surface area contributed by atoms with Crippen LogP contribution in [0.5, 0.6) is 5.75 Å². The van der Waals surface area contributed by atoms with Crippen molar-refractivity contribution in [2.45, 2.75) is 30.5 Å². The van der Waals surface area contributed by atoms with Crippen molar-refractivity contribution in [2.24, 2.45) is 0 Å². The van der Waals surface area contributed by atoms with E-state index < -0.39 is 15.6 Å². The van der Waals surface area contributed by atoms with E-state index >= 15 is 0 Å². The molecular weight excluding hydrogens is 389 g/mol. The van der Waals surface area contributed by atoms with Crippen LogP contribution in [0.3, 0.4) is 0 Å². The van der Waals surface area contributed by atoms with Crippen LogP contribution in [0.2, 0.25) is 0 Å². The van der Waals surface area contributed by atoms with Gasteiger partial charge >= 0.3 is 15.6 Å². The quantitative estimate of drug-likeness (QED) is 0.559. The summed E-state index contributed by atoms with van der Waals surface area (Å²) in [5.41, 5.74) is -4.05. The predicted octanol–water partition coefficient (Wildman–Crippen LogP) is 5.20. The molecule has 2 aromatic carbocycles. The summed E-state index contributed by atoms with van der Waals surface area (Å²) in [6.45, 7) is 2.76. The fourth-order valence-corrected chi connectivity index (χ4v) is 4.02. The van der Waals surface area contributed by atoms with E-state index in [4.69, 9.17) is 17.7 Å². The Morgan fingerprint density at radius 2 is 1.81 bits per heavy atom. The highest BCUT2D eigenvalue weighted by molar-refractivity contribution is 7.99. The lowest BCUT2D eigenvalue weighted by Gasteiger charge is -2.15. The number of rotatable bonds is 3. The van der Waals surface area contributed by atoms with Crippen LogP contribution in [0.25, 0.3) is 10.8 Å². The Bertz CT molecular complexity index is 845. The molecule has 0 bridgehead atoms. The molecule has 1 saturated heterocycles. The summed E-state index contributed by atoms with van der Waals surface area (Å²) >= 11 is 2.09. The molecule has 1 aliphatic heterocycles. The van der Waals surface area contributed by atoms with Crippen molar-refractivity contribution in [3.63, 3.8) is 0 Å². The van der Waals surface area contributed by atoms with Gasteiger partial charge < -0.3 is 4.74 Å². The van der Waals surface area contributed by atoms with Crippen LogP contribution in [0.15, 0.2) is 36.4 Å². The van der Waals surface area contributed by atoms with Crippen LogP contribution in [0.1, 0.15) is 30.6 Å². The highest BCUT2D eigenvalue weighted by atomic mass is 32.2. The molecule has 0 amide bonds. The third-order valence-corrected chi connectivity index (χ3v) is 5.79. The minimum Gasteiger partial charge on any atom is -0.493 e. The minimum absolute atomic E-state index is 0.672. The maximum Gasteiger partial charge on any atom is 0.522 e. The number of halogens is 3.